The zero-order valence-corrected chi connectivity index (χ0v) is 12.6. The van der Waals surface area contributed by atoms with Crippen molar-refractivity contribution in [3.63, 3.8) is 0 Å². The van der Waals surface area contributed by atoms with Crippen LogP contribution in [0.1, 0.15) is 38.8 Å². The second-order valence-corrected chi connectivity index (χ2v) is 6.38. The Morgan fingerprint density at radius 1 is 1.45 bits per heavy atom. The highest BCUT2D eigenvalue weighted by Gasteiger charge is 2.31. The first kappa shape index (κ1) is 14.9. The summed E-state index contributed by atoms with van der Waals surface area (Å²) in [4.78, 5) is 11.2. The molecule has 1 heterocycles. The highest BCUT2D eigenvalue weighted by molar-refractivity contribution is 5.73. The summed E-state index contributed by atoms with van der Waals surface area (Å²) >= 11 is 0. The number of nitrogens with one attached hydrogen (secondary N) is 1. The number of carboxylic acids is 1. The largest absolute Gasteiger partial charge is 0.487 e. The number of fused-ring (bicyclic) bond motifs is 1. The van der Waals surface area contributed by atoms with Crippen molar-refractivity contribution in [2.75, 3.05) is 0 Å². The summed E-state index contributed by atoms with van der Waals surface area (Å²) in [6.07, 6.45) is 0.892. The normalized spacial score (nSPS) is 17.6. The lowest BCUT2D eigenvalue weighted by molar-refractivity contribution is -0.140. The highest BCUT2D eigenvalue weighted by atomic mass is 16.5. The van der Waals surface area contributed by atoms with Gasteiger partial charge in [0.2, 0.25) is 0 Å². The van der Waals surface area contributed by atoms with Gasteiger partial charge in [-0.3, -0.25) is 10.1 Å². The molecule has 0 saturated carbocycles. The zero-order valence-electron chi connectivity index (χ0n) is 12.6. The van der Waals surface area contributed by atoms with Crippen LogP contribution in [0.3, 0.4) is 0 Å². The fraction of sp³-hybridized carbons (Fsp3) is 0.562. The van der Waals surface area contributed by atoms with Gasteiger partial charge in [-0.1, -0.05) is 32.0 Å². The fourth-order valence-electron chi connectivity index (χ4n) is 2.65. The summed E-state index contributed by atoms with van der Waals surface area (Å²) in [5, 5.41) is 12.3. The average Bonchev–Trinajstić information content (AvgIpc) is 2.63. The van der Waals surface area contributed by atoms with Gasteiger partial charge in [-0.25, -0.2) is 0 Å². The Morgan fingerprint density at radius 2 is 2.15 bits per heavy atom. The van der Waals surface area contributed by atoms with Crippen molar-refractivity contribution in [1.82, 2.24) is 5.32 Å². The van der Waals surface area contributed by atoms with Gasteiger partial charge < -0.3 is 9.84 Å². The van der Waals surface area contributed by atoms with Gasteiger partial charge in [-0.2, -0.15) is 0 Å². The molecule has 2 rings (SSSR count). The van der Waals surface area contributed by atoms with Gasteiger partial charge in [-0.05, 0) is 25.3 Å². The van der Waals surface area contributed by atoms with Crippen molar-refractivity contribution in [2.45, 2.75) is 52.3 Å². The van der Waals surface area contributed by atoms with E-state index in [-0.39, 0.29) is 11.5 Å². The maximum absolute atomic E-state index is 11.2. The van der Waals surface area contributed by atoms with Gasteiger partial charge in [0.15, 0.2) is 0 Å². The third kappa shape index (κ3) is 3.12. The molecule has 0 aliphatic carbocycles. The van der Waals surface area contributed by atoms with Gasteiger partial charge in [0.1, 0.15) is 17.4 Å². The summed E-state index contributed by atoms with van der Waals surface area (Å²) in [6, 6.07) is 5.53. The minimum atomic E-state index is -0.811. The quantitative estimate of drug-likeness (QED) is 0.868. The molecular formula is C16H23NO3. The Bertz CT molecular complexity index is 508. The minimum Gasteiger partial charge on any atom is -0.487 e. The molecule has 4 heteroatoms. The van der Waals surface area contributed by atoms with Crippen LogP contribution in [0.15, 0.2) is 18.2 Å². The van der Waals surface area contributed by atoms with E-state index in [1.807, 2.05) is 26.0 Å². The van der Waals surface area contributed by atoms with Crippen LogP contribution in [0.4, 0.5) is 0 Å². The van der Waals surface area contributed by atoms with Gasteiger partial charge in [0.25, 0.3) is 0 Å². The molecule has 1 aromatic carbocycles. The van der Waals surface area contributed by atoms with Crippen molar-refractivity contribution in [2.24, 2.45) is 5.92 Å². The number of carbonyl (C=O) groups is 1. The molecule has 1 unspecified atom stereocenters. The van der Waals surface area contributed by atoms with E-state index >= 15 is 0 Å². The summed E-state index contributed by atoms with van der Waals surface area (Å²) < 4.78 is 5.99. The monoisotopic (exact) mass is 277 g/mol. The lowest BCUT2D eigenvalue weighted by atomic mass is 10.00. The van der Waals surface area contributed by atoms with E-state index in [9.17, 15) is 9.90 Å². The van der Waals surface area contributed by atoms with Crippen molar-refractivity contribution in [3.8, 4) is 5.75 Å². The smallest absolute Gasteiger partial charge is 0.320 e. The van der Waals surface area contributed by atoms with Crippen LogP contribution in [0.25, 0.3) is 0 Å². The van der Waals surface area contributed by atoms with Gasteiger partial charge >= 0.3 is 5.97 Å². The molecule has 20 heavy (non-hydrogen) atoms. The molecule has 0 bridgehead atoms. The maximum Gasteiger partial charge on any atom is 0.320 e. The van der Waals surface area contributed by atoms with Gasteiger partial charge in [0.05, 0.1) is 0 Å². The number of hydrogen-bond donors (Lipinski definition) is 2. The highest BCUT2D eigenvalue weighted by Crippen LogP contribution is 2.37. The predicted octanol–water partition coefficient (Wildman–Crippen LogP) is 2.60. The number of para-hydroxylation sites is 1. The van der Waals surface area contributed by atoms with Crippen LogP contribution in [0.5, 0.6) is 5.75 Å². The summed E-state index contributed by atoms with van der Waals surface area (Å²) in [7, 11) is 0. The molecule has 1 atom stereocenters. The number of rotatable bonds is 5. The number of ether oxygens (including phenoxy) is 1. The van der Waals surface area contributed by atoms with Crippen LogP contribution in [0.2, 0.25) is 0 Å². The average molecular weight is 277 g/mol. The Labute approximate surface area is 120 Å². The number of hydrogen-bond acceptors (Lipinski definition) is 3. The van der Waals surface area contributed by atoms with E-state index in [0.717, 1.165) is 17.7 Å². The molecule has 2 N–H and O–H groups in total. The Hall–Kier alpha value is -1.55. The van der Waals surface area contributed by atoms with E-state index in [0.29, 0.717) is 6.54 Å². The third-order valence-electron chi connectivity index (χ3n) is 3.62. The lowest BCUT2D eigenvalue weighted by Gasteiger charge is -2.20. The standard InChI is InChI=1S/C16H23NO3/c1-10(2)13(15(18)19)17-9-12-7-5-6-11-8-16(3,4)20-14(11)12/h5-7,10,13,17H,8-9H2,1-4H3,(H,18,19). The second-order valence-electron chi connectivity index (χ2n) is 6.38. The van der Waals surface area contributed by atoms with Crippen LogP contribution in [-0.4, -0.2) is 22.7 Å². The summed E-state index contributed by atoms with van der Waals surface area (Å²) in [5.74, 6) is 0.147. The molecule has 110 valence electrons. The molecule has 0 radical (unpaired) electrons. The number of aliphatic carboxylic acids is 1. The van der Waals surface area contributed by atoms with Crippen molar-refractivity contribution in [3.05, 3.63) is 29.3 Å². The van der Waals surface area contributed by atoms with Crippen LogP contribution in [-0.2, 0) is 17.8 Å². The number of benzene rings is 1. The van der Waals surface area contributed by atoms with Crippen LogP contribution < -0.4 is 10.1 Å². The molecule has 1 aliphatic heterocycles. The maximum atomic E-state index is 11.2. The van der Waals surface area contributed by atoms with Crippen molar-refractivity contribution < 1.29 is 14.6 Å². The molecule has 0 fully saturated rings. The molecule has 1 aromatic rings. The second kappa shape index (κ2) is 5.44. The van der Waals surface area contributed by atoms with Crippen LogP contribution in [0, 0.1) is 5.92 Å². The molecule has 4 nitrogen and oxygen atoms in total. The Morgan fingerprint density at radius 3 is 2.75 bits per heavy atom. The fourth-order valence-corrected chi connectivity index (χ4v) is 2.65. The van der Waals surface area contributed by atoms with E-state index in [1.54, 1.807) is 0 Å². The molecule has 0 saturated heterocycles. The van der Waals surface area contributed by atoms with Crippen LogP contribution >= 0.6 is 0 Å². The zero-order chi connectivity index (χ0) is 14.9. The Balaban J connectivity index is 2.13. The topological polar surface area (TPSA) is 58.6 Å². The predicted molar refractivity (Wildman–Crippen MR) is 78.0 cm³/mol. The van der Waals surface area contributed by atoms with Gasteiger partial charge in [-0.15, -0.1) is 0 Å². The minimum absolute atomic E-state index is 0.0432. The molecule has 0 spiro atoms. The van der Waals surface area contributed by atoms with E-state index in [4.69, 9.17) is 4.74 Å². The first-order valence-corrected chi connectivity index (χ1v) is 7.06. The summed E-state index contributed by atoms with van der Waals surface area (Å²) in [6.45, 7) is 8.45. The number of carboxylic acid groups (broad SMARTS) is 1. The SMILES string of the molecule is CC(C)C(NCc1cccc2c1OC(C)(C)C2)C(=O)O. The molecule has 0 amide bonds. The lowest BCUT2D eigenvalue weighted by Crippen LogP contribution is -2.40. The summed E-state index contributed by atoms with van der Waals surface area (Å²) in [5.41, 5.74) is 2.05. The van der Waals surface area contributed by atoms with E-state index in [1.165, 1.54) is 5.56 Å². The molecule has 0 aromatic heterocycles. The first-order chi connectivity index (χ1) is 9.30. The van der Waals surface area contributed by atoms with Gasteiger partial charge in [0, 0.05) is 18.5 Å². The molecular weight excluding hydrogens is 254 g/mol. The van der Waals surface area contributed by atoms with Crippen molar-refractivity contribution in [1.29, 1.82) is 0 Å². The Kier molecular flexibility index (Phi) is 4.04. The van der Waals surface area contributed by atoms with Crippen molar-refractivity contribution >= 4 is 5.97 Å². The first-order valence-electron chi connectivity index (χ1n) is 7.06. The molecule has 1 aliphatic rings. The third-order valence-corrected chi connectivity index (χ3v) is 3.62. The van der Waals surface area contributed by atoms with E-state index in [2.05, 4.69) is 25.2 Å². The van der Waals surface area contributed by atoms with E-state index < -0.39 is 12.0 Å².